The molecule has 0 aliphatic heterocycles. The van der Waals surface area contributed by atoms with Crippen molar-refractivity contribution >= 4 is 17.5 Å². The summed E-state index contributed by atoms with van der Waals surface area (Å²) in [5.74, 6) is 0.511. The molecule has 7 nitrogen and oxygen atoms in total. The van der Waals surface area contributed by atoms with Gasteiger partial charge >= 0.3 is 6.01 Å². The fourth-order valence-corrected chi connectivity index (χ4v) is 1.16. The highest BCUT2D eigenvalue weighted by atomic mass is 35.5. The summed E-state index contributed by atoms with van der Waals surface area (Å²) in [5.41, 5.74) is 5.38. The molecule has 78 valence electrons. The highest BCUT2D eigenvalue weighted by Gasteiger charge is 2.09. The summed E-state index contributed by atoms with van der Waals surface area (Å²) in [4.78, 5) is 11.6. The Kier molecular flexibility index (Phi) is 2.38. The number of hydrogen-bond donors (Lipinski definition) is 1. The first kappa shape index (κ1) is 9.66. The van der Waals surface area contributed by atoms with E-state index in [1.54, 1.807) is 0 Å². The minimum atomic E-state index is 0.142. The molecule has 0 atom stereocenters. The van der Waals surface area contributed by atoms with E-state index in [-0.39, 0.29) is 12.0 Å². The lowest BCUT2D eigenvalue weighted by Crippen LogP contribution is -2.03. The molecule has 0 saturated carbocycles. The van der Waals surface area contributed by atoms with Gasteiger partial charge in [0.05, 0.1) is 13.3 Å². The van der Waals surface area contributed by atoms with Gasteiger partial charge in [-0.3, -0.25) is 0 Å². The maximum atomic E-state index is 5.89. The van der Waals surface area contributed by atoms with E-state index in [1.807, 2.05) is 0 Å². The van der Waals surface area contributed by atoms with Crippen molar-refractivity contribution in [2.75, 3.05) is 12.8 Å². The number of nitrogen functional groups attached to an aromatic ring is 1. The summed E-state index contributed by atoms with van der Waals surface area (Å²) >= 11 is 5.89. The molecule has 0 spiro atoms. The van der Waals surface area contributed by atoms with Gasteiger partial charge in [-0.2, -0.15) is 9.67 Å². The van der Waals surface area contributed by atoms with Crippen LogP contribution in [0.5, 0.6) is 6.01 Å². The smallest absolute Gasteiger partial charge is 0.318 e. The number of rotatable bonds is 2. The molecule has 0 aliphatic rings. The third-order valence-electron chi connectivity index (χ3n) is 1.61. The largest absolute Gasteiger partial charge is 0.467 e. The predicted molar refractivity (Wildman–Crippen MR) is 52.9 cm³/mol. The maximum absolute atomic E-state index is 5.89. The normalized spacial score (nSPS) is 10.3. The number of nitrogens with two attached hydrogens (primary N) is 1. The fourth-order valence-electron chi connectivity index (χ4n) is 0.979. The predicted octanol–water partition coefficient (Wildman–Crippen LogP) is 0.301. The van der Waals surface area contributed by atoms with Crippen LogP contribution in [0.15, 0.2) is 12.5 Å². The molecule has 0 amide bonds. The number of ether oxygens (including phenoxy) is 1. The van der Waals surface area contributed by atoms with Crippen molar-refractivity contribution in [2.45, 2.75) is 0 Å². The second kappa shape index (κ2) is 3.70. The second-order valence-electron chi connectivity index (χ2n) is 2.58. The van der Waals surface area contributed by atoms with Crippen molar-refractivity contribution in [3.8, 4) is 11.8 Å². The van der Waals surface area contributed by atoms with Crippen molar-refractivity contribution in [1.82, 2.24) is 24.7 Å². The summed E-state index contributed by atoms with van der Waals surface area (Å²) < 4.78 is 6.21. The molecule has 0 aliphatic carbocycles. The molecule has 0 aromatic carbocycles. The molecule has 2 aromatic rings. The van der Waals surface area contributed by atoms with Crippen LogP contribution in [0.3, 0.4) is 0 Å². The molecule has 0 saturated heterocycles. The highest BCUT2D eigenvalue weighted by molar-refractivity contribution is 6.32. The van der Waals surface area contributed by atoms with Gasteiger partial charge in [0.1, 0.15) is 11.3 Å². The van der Waals surface area contributed by atoms with Crippen molar-refractivity contribution in [3.63, 3.8) is 0 Å². The van der Waals surface area contributed by atoms with Crippen molar-refractivity contribution in [2.24, 2.45) is 0 Å². The van der Waals surface area contributed by atoms with E-state index in [4.69, 9.17) is 22.1 Å². The van der Waals surface area contributed by atoms with Gasteiger partial charge in [-0.15, -0.1) is 5.10 Å². The van der Waals surface area contributed by atoms with Crippen LogP contribution in [0.1, 0.15) is 0 Å². The lowest BCUT2D eigenvalue weighted by atomic mass is 10.6. The van der Waals surface area contributed by atoms with Crippen LogP contribution in [0.25, 0.3) is 5.82 Å². The topological polar surface area (TPSA) is 91.7 Å². The number of nitrogens with zero attached hydrogens (tertiary/aromatic N) is 5. The van der Waals surface area contributed by atoms with Crippen LogP contribution in [0.4, 0.5) is 5.95 Å². The fraction of sp³-hybridized carbons (Fsp3) is 0.143. The third kappa shape index (κ3) is 1.82. The first-order valence-electron chi connectivity index (χ1n) is 3.94. The van der Waals surface area contributed by atoms with Gasteiger partial charge in [0.15, 0.2) is 5.82 Å². The van der Waals surface area contributed by atoms with Crippen molar-refractivity contribution < 1.29 is 4.74 Å². The number of hydrogen-bond acceptors (Lipinski definition) is 6. The van der Waals surface area contributed by atoms with Gasteiger partial charge in [-0.25, -0.2) is 9.97 Å². The van der Waals surface area contributed by atoms with E-state index in [0.29, 0.717) is 10.8 Å². The molecule has 0 radical (unpaired) electrons. The van der Waals surface area contributed by atoms with Crippen LogP contribution in [-0.2, 0) is 0 Å². The average Bonchev–Trinajstić information content (AvgIpc) is 2.65. The monoisotopic (exact) mass is 226 g/mol. The molecule has 0 bridgehead atoms. The zero-order chi connectivity index (χ0) is 10.8. The Bertz CT molecular complexity index is 484. The lowest BCUT2D eigenvalue weighted by Gasteiger charge is -2.03. The Morgan fingerprint density at radius 1 is 1.47 bits per heavy atom. The number of anilines is 1. The standard InChI is InChI=1S/C7H7ClN6O/c1-15-7-10-2-4(8)5(12-7)14-3-11-6(9)13-14/h2-3H,1H3,(H2,9,13). The van der Waals surface area contributed by atoms with E-state index < -0.39 is 0 Å². The molecule has 8 heteroatoms. The Morgan fingerprint density at radius 2 is 2.27 bits per heavy atom. The SMILES string of the molecule is COc1ncc(Cl)c(-n2cnc(N)n2)n1. The summed E-state index contributed by atoms with van der Waals surface area (Å²) in [6, 6.07) is 0.198. The zero-order valence-electron chi connectivity index (χ0n) is 7.75. The number of aromatic nitrogens is 5. The molecule has 2 N–H and O–H groups in total. The van der Waals surface area contributed by atoms with Crippen LogP contribution in [-0.4, -0.2) is 31.8 Å². The number of halogens is 1. The molecule has 2 rings (SSSR count). The molecular formula is C7H7ClN6O. The van der Waals surface area contributed by atoms with Crippen LogP contribution in [0.2, 0.25) is 5.02 Å². The Balaban J connectivity index is 2.51. The maximum Gasteiger partial charge on any atom is 0.318 e. The summed E-state index contributed by atoms with van der Waals surface area (Å²) in [6.07, 6.45) is 2.82. The van der Waals surface area contributed by atoms with Crippen molar-refractivity contribution in [1.29, 1.82) is 0 Å². The molecule has 15 heavy (non-hydrogen) atoms. The van der Waals surface area contributed by atoms with E-state index in [2.05, 4.69) is 20.1 Å². The average molecular weight is 227 g/mol. The first-order chi connectivity index (χ1) is 7.20. The number of methoxy groups -OCH3 is 1. The van der Waals surface area contributed by atoms with E-state index in [1.165, 1.54) is 24.3 Å². The van der Waals surface area contributed by atoms with Gasteiger partial charge in [0.2, 0.25) is 5.95 Å². The van der Waals surface area contributed by atoms with Gasteiger partial charge in [-0.1, -0.05) is 11.6 Å². The van der Waals surface area contributed by atoms with Crippen LogP contribution < -0.4 is 10.5 Å². The third-order valence-corrected chi connectivity index (χ3v) is 1.88. The van der Waals surface area contributed by atoms with Crippen LogP contribution in [0, 0.1) is 0 Å². The molecule has 0 fully saturated rings. The molecule has 0 unspecified atom stereocenters. The van der Waals surface area contributed by atoms with E-state index in [9.17, 15) is 0 Å². The minimum absolute atomic E-state index is 0.142. The Hall–Kier alpha value is -1.89. The molecule has 2 aromatic heterocycles. The Labute approximate surface area is 89.9 Å². The summed E-state index contributed by atoms with van der Waals surface area (Å²) in [7, 11) is 1.46. The molecule has 2 heterocycles. The summed E-state index contributed by atoms with van der Waals surface area (Å²) in [6.45, 7) is 0. The van der Waals surface area contributed by atoms with Crippen molar-refractivity contribution in [3.05, 3.63) is 17.5 Å². The zero-order valence-corrected chi connectivity index (χ0v) is 8.51. The summed E-state index contributed by atoms with van der Waals surface area (Å²) in [5, 5.41) is 4.20. The Morgan fingerprint density at radius 3 is 2.87 bits per heavy atom. The highest BCUT2D eigenvalue weighted by Crippen LogP contribution is 2.18. The lowest BCUT2D eigenvalue weighted by molar-refractivity contribution is 0.379. The molecular weight excluding hydrogens is 220 g/mol. The second-order valence-corrected chi connectivity index (χ2v) is 2.98. The van der Waals surface area contributed by atoms with Gasteiger partial charge in [-0.05, 0) is 0 Å². The first-order valence-corrected chi connectivity index (χ1v) is 4.32. The minimum Gasteiger partial charge on any atom is -0.467 e. The quantitative estimate of drug-likeness (QED) is 0.792. The van der Waals surface area contributed by atoms with Gasteiger partial charge in [0.25, 0.3) is 0 Å². The van der Waals surface area contributed by atoms with Gasteiger partial charge in [0, 0.05) is 0 Å². The van der Waals surface area contributed by atoms with E-state index >= 15 is 0 Å². The van der Waals surface area contributed by atoms with E-state index in [0.717, 1.165) is 0 Å². The van der Waals surface area contributed by atoms with Crippen LogP contribution >= 0.6 is 11.6 Å². The van der Waals surface area contributed by atoms with Gasteiger partial charge < -0.3 is 10.5 Å².